The molecule has 0 spiro atoms. The predicted molar refractivity (Wildman–Crippen MR) is 103 cm³/mol. The number of anilines is 1. The highest BCUT2D eigenvalue weighted by Crippen LogP contribution is 2.38. The van der Waals surface area contributed by atoms with Gasteiger partial charge in [-0.25, -0.2) is 0 Å². The molecule has 2 aliphatic carbocycles. The van der Waals surface area contributed by atoms with E-state index in [0.717, 1.165) is 49.0 Å². The summed E-state index contributed by atoms with van der Waals surface area (Å²) < 4.78 is 41.5. The fraction of sp³-hybridized carbons (Fsp3) is 0.550. The molecule has 0 aliphatic heterocycles. The highest BCUT2D eigenvalue weighted by Gasteiger charge is 2.39. The monoisotopic (exact) mass is 422 g/mol. The van der Waals surface area contributed by atoms with E-state index in [4.69, 9.17) is 0 Å². The van der Waals surface area contributed by atoms with Crippen LogP contribution < -0.4 is 5.32 Å². The fourth-order valence-corrected chi connectivity index (χ4v) is 5.54. The Labute approximate surface area is 170 Å². The van der Waals surface area contributed by atoms with E-state index >= 15 is 0 Å². The zero-order chi connectivity index (χ0) is 20.6. The minimum Gasteiger partial charge on any atom is -0.315 e. The minimum atomic E-state index is -4.53. The second kappa shape index (κ2) is 7.82. The predicted octanol–water partition coefficient (Wildman–Crippen LogP) is 4.62. The van der Waals surface area contributed by atoms with Gasteiger partial charge in [-0.2, -0.15) is 23.5 Å². The number of thiophene rings is 1. The molecule has 9 heteroatoms. The van der Waals surface area contributed by atoms with Gasteiger partial charge in [0.2, 0.25) is 5.91 Å². The molecular formula is C20H21F3N4OS. The summed E-state index contributed by atoms with van der Waals surface area (Å²) >= 11 is 1.40. The van der Waals surface area contributed by atoms with Crippen molar-refractivity contribution in [2.45, 2.75) is 70.5 Å². The Morgan fingerprint density at radius 3 is 2.55 bits per heavy atom. The number of halogens is 3. The van der Waals surface area contributed by atoms with Crippen LogP contribution in [0, 0.1) is 11.3 Å². The van der Waals surface area contributed by atoms with Gasteiger partial charge >= 0.3 is 6.18 Å². The molecule has 0 bridgehead atoms. The van der Waals surface area contributed by atoms with Crippen LogP contribution in [0.5, 0.6) is 0 Å². The number of nitrogens with one attached hydrogen (secondary N) is 1. The molecule has 1 amide bonds. The molecule has 2 aromatic rings. The second-order valence-electron chi connectivity index (χ2n) is 7.56. The standard InChI is InChI=1S/C20H21F3N4OS/c21-20(22,23)18-13-7-2-1-3-8-15(13)27(26-18)11-17(28)25-19-14(10-24)12-6-4-5-9-16(12)29-19/h1-9,11H2,(H,25,28). The van der Waals surface area contributed by atoms with Gasteiger partial charge in [0.1, 0.15) is 17.6 Å². The summed E-state index contributed by atoms with van der Waals surface area (Å²) in [4.78, 5) is 13.8. The molecule has 29 heavy (non-hydrogen) atoms. The van der Waals surface area contributed by atoms with Crippen molar-refractivity contribution in [3.05, 3.63) is 33.0 Å². The topological polar surface area (TPSA) is 70.7 Å². The largest absolute Gasteiger partial charge is 0.435 e. The van der Waals surface area contributed by atoms with Gasteiger partial charge in [-0.05, 0) is 56.9 Å². The number of hydrogen-bond acceptors (Lipinski definition) is 4. The molecule has 0 aromatic carbocycles. The van der Waals surface area contributed by atoms with Crippen molar-refractivity contribution in [2.75, 3.05) is 5.32 Å². The average Bonchev–Trinajstić information content (AvgIpc) is 3.08. The highest BCUT2D eigenvalue weighted by molar-refractivity contribution is 7.16. The molecule has 4 rings (SSSR count). The van der Waals surface area contributed by atoms with E-state index in [2.05, 4.69) is 16.5 Å². The molecule has 154 valence electrons. The number of fused-ring (bicyclic) bond motifs is 2. The Balaban J connectivity index is 1.59. The Kier molecular flexibility index (Phi) is 5.38. The van der Waals surface area contributed by atoms with Crippen LogP contribution in [0.1, 0.15) is 65.1 Å². The highest BCUT2D eigenvalue weighted by atomic mass is 32.1. The number of aromatic nitrogens is 2. The van der Waals surface area contributed by atoms with Crippen molar-refractivity contribution in [1.29, 1.82) is 5.26 Å². The summed E-state index contributed by atoms with van der Waals surface area (Å²) in [5.74, 6) is -0.455. The van der Waals surface area contributed by atoms with Crippen LogP contribution in [0.4, 0.5) is 18.2 Å². The van der Waals surface area contributed by atoms with Gasteiger partial charge in [0, 0.05) is 16.1 Å². The van der Waals surface area contributed by atoms with Crippen molar-refractivity contribution in [3.8, 4) is 6.07 Å². The van der Waals surface area contributed by atoms with Crippen LogP contribution in [0.15, 0.2) is 0 Å². The van der Waals surface area contributed by atoms with Crippen LogP contribution in [0.25, 0.3) is 0 Å². The van der Waals surface area contributed by atoms with Crippen molar-refractivity contribution >= 4 is 22.2 Å². The second-order valence-corrected chi connectivity index (χ2v) is 8.67. The van der Waals surface area contributed by atoms with Gasteiger partial charge < -0.3 is 5.32 Å². The number of nitrogens with zero attached hydrogens (tertiary/aromatic N) is 3. The van der Waals surface area contributed by atoms with Gasteiger partial charge in [-0.3, -0.25) is 9.48 Å². The maximum atomic E-state index is 13.4. The summed E-state index contributed by atoms with van der Waals surface area (Å²) in [7, 11) is 0. The van der Waals surface area contributed by atoms with E-state index in [0.29, 0.717) is 35.5 Å². The normalized spacial score (nSPS) is 16.5. The van der Waals surface area contributed by atoms with E-state index in [9.17, 15) is 23.2 Å². The molecule has 0 unspecified atom stereocenters. The number of rotatable bonds is 3. The number of hydrogen-bond donors (Lipinski definition) is 1. The van der Waals surface area contributed by atoms with Gasteiger partial charge in [0.15, 0.2) is 5.69 Å². The number of alkyl halides is 3. The zero-order valence-electron chi connectivity index (χ0n) is 15.9. The number of nitriles is 1. The van der Waals surface area contributed by atoms with Gasteiger partial charge in [-0.15, -0.1) is 11.3 Å². The lowest BCUT2D eigenvalue weighted by molar-refractivity contribution is -0.142. The van der Waals surface area contributed by atoms with Crippen molar-refractivity contribution in [2.24, 2.45) is 0 Å². The Hall–Kier alpha value is -2.34. The number of amides is 1. The van der Waals surface area contributed by atoms with E-state index in [1.807, 2.05) is 0 Å². The molecule has 0 saturated carbocycles. The van der Waals surface area contributed by atoms with Crippen LogP contribution >= 0.6 is 11.3 Å². The van der Waals surface area contributed by atoms with E-state index < -0.39 is 17.8 Å². The maximum absolute atomic E-state index is 13.4. The van der Waals surface area contributed by atoms with Crippen LogP contribution in [-0.4, -0.2) is 15.7 Å². The number of aryl methyl sites for hydroxylation is 1. The van der Waals surface area contributed by atoms with E-state index in [1.165, 1.54) is 16.0 Å². The lowest BCUT2D eigenvalue weighted by atomic mass is 9.96. The molecular weight excluding hydrogens is 401 g/mol. The summed E-state index contributed by atoms with van der Waals surface area (Å²) in [5, 5.41) is 16.5. The molecule has 1 N–H and O–H groups in total. The summed E-state index contributed by atoms with van der Waals surface area (Å²) in [6, 6.07) is 2.18. The molecule has 2 heterocycles. The number of carbonyl (C=O) groups excluding carboxylic acids is 1. The quantitative estimate of drug-likeness (QED) is 0.734. The van der Waals surface area contributed by atoms with Gasteiger partial charge in [0.25, 0.3) is 0 Å². The van der Waals surface area contributed by atoms with Crippen LogP contribution in [0.2, 0.25) is 0 Å². The summed E-state index contributed by atoms with van der Waals surface area (Å²) in [6.45, 7) is -0.286. The average molecular weight is 422 g/mol. The molecule has 2 aliphatic rings. The first-order valence-corrected chi connectivity index (χ1v) is 10.7. The third-order valence-corrected chi connectivity index (χ3v) is 6.81. The third kappa shape index (κ3) is 3.90. The zero-order valence-corrected chi connectivity index (χ0v) is 16.7. The van der Waals surface area contributed by atoms with Gasteiger partial charge in [-0.1, -0.05) is 6.42 Å². The number of carbonyl (C=O) groups is 1. The SMILES string of the molecule is N#Cc1c(NC(=O)Cn2nc(C(F)(F)F)c3c2CCCCC3)sc2c1CCCC2. The molecule has 0 radical (unpaired) electrons. The molecule has 0 fully saturated rings. The van der Waals surface area contributed by atoms with E-state index in [1.54, 1.807) is 0 Å². The lowest BCUT2D eigenvalue weighted by Gasteiger charge is -2.09. The summed E-state index contributed by atoms with van der Waals surface area (Å²) in [5.41, 5.74) is 1.37. The Bertz CT molecular complexity index is 983. The molecule has 0 atom stereocenters. The first-order valence-electron chi connectivity index (χ1n) is 9.88. The first kappa shape index (κ1) is 20.0. The smallest absolute Gasteiger partial charge is 0.315 e. The van der Waals surface area contributed by atoms with Crippen molar-refractivity contribution in [1.82, 2.24) is 9.78 Å². The third-order valence-electron chi connectivity index (χ3n) is 5.60. The van der Waals surface area contributed by atoms with Crippen LogP contribution in [-0.2, 0) is 43.2 Å². The van der Waals surface area contributed by atoms with Gasteiger partial charge in [0.05, 0.1) is 5.56 Å². The molecule has 0 saturated heterocycles. The Morgan fingerprint density at radius 1 is 1.10 bits per heavy atom. The Morgan fingerprint density at radius 2 is 1.79 bits per heavy atom. The van der Waals surface area contributed by atoms with Crippen LogP contribution in [0.3, 0.4) is 0 Å². The molecule has 5 nitrogen and oxygen atoms in total. The van der Waals surface area contributed by atoms with Crippen molar-refractivity contribution < 1.29 is 18.0 Å². The maximum Gasteiger partial charge on any atom is 0.435 e. The lowest BCUT2D eigenvalue weighted by Crippen LogP contribution is -2.21. The first-order chi connectivity index (χ1) is 13.9. The molecule has 2 aromatic heterocycles. The van der Waals surface area contributed by atoms with E-state index in [-0.39, 0.29) is 12.1 Å². The minimum absolute atomic E-state index is 0.229. The van der Waals surface area contributed by atoms with Crippen molar-refractivity contribution in [3.63, 3.8) is 0 Å². The summed E-state index contributed by atoms with van der Waals surface area (Å²) in [6.07, 6.45) is 2.44. The fourth-order valence-electron chi connectivity index (χ4n) is 4.28.